The van der Waals surface area contributed by atoms with Crippen molar-refractivity contribution in [3.05, 3.63) is 36.7 Å². The summed E-state index contributed by atoms with van der Waals surface area (Å²) in [6, 6.07) is 0.197. The van der Waals surface area contributed by atoms with E-state index < -0.39 is 0 Å². The maximum Gasteiger partial charge on any atom is 0.0516 e. The van der Waals surface area contributed by atoms with Gasteiger partial charge in [-0.3, -0.25) is 0 Å². The molecule has 1 fully saturated rings. The Bertz CT molecular complexity index is 697. The summed E-state index contributed by atoms with van der Waals surface area (Å²) < 4.78 is 0. The van der Waals surface area contributed by atoms with Crippen molar-refractivity contribution < 1.29 is 0 Å². The van der Waals surface area contributed by atoms with Gasteiger partial charge in [0.2, 0.25) is 0 Å². The van der Waals surface area contributed by atoms with Gasteiger partial charge in [-0.05, 0) is 67.1 Å². The molecule has 0 aromatic carbocycles. The zero-order valence-corrected chi connectivity index (χ0v) is 24.2. The minimum atomic E-state index is 0.0661. The number of hydrogen-bond donors (Lipinski definition) is 2. The van der Waals surface area contributed by atoms with Gasteiger partial charge in [0, 0.05) is 22.8 Å². The highest BCUT2D eigenvalue weighted by atomic mass is 32.1. The van der Waals surface area contributed by atoms with Crippen molar-refractivity contribution in [2.75, 3.05) is 6.54 Å². The fourth-order valence-corrected chi connectivity index (χ4v) is 6.62. The SMILES string of the molecule is C=C(C)NC(C(=C)CC(C(CCC)C(=S)C(=C)NCCC)C1CC(C)(C)C1CC)C(C)(C)C. The van der Waals surface area contributed by atoms with Crippen molar-refractivity contribution in [3.8, 4) is 0 Å². The molecular weight excluding hydrogens is 420 g/mol. The molecule has 2 nitrogen and oxygen atoms in total. The van der Waals surface area contributed by atoms with E-state index in [0.29, 0.717) is 23.2 Å². The fourth-order valence-electron chi connectivity index (χ4n) is 6.25. The van der Waals surface area contributed by atoms with Gasteiger partial charge >= 0.3 is 0 Å². The van der Waals surface area contributed by atoms with E-state index in [1.165, 1.54) is 18.4 Å². The smallest absolute Gasteiger partial charge is 0.0516 e. The van der Waals surface area contributed by atoms with Crippen molar-refractivity contribution in [3.63, 3.8) is 0 Å². The van der Waals surface area contributed by atoms with Crippen molar-refractivity contribution in [1.82, 2.24) is 10.6 Å². The predicted molar refractivity (Wildman–Crippen MR) is 153 cm³/mol. The van der Waals surface area contributed by atoms with Gasteiger partial charge in [0.05, 0.1) is 6.04 Å². The van der Waals surface area contributed by atoms with E-state index >= 15 is 0 Å². The average molecular weight is 475 g/mol. The summed E-state index contributed by atoms with van der Waals surface area (Å²) in [6.07, 6.45) is 6.84. The van der Waals surface area contributed by atoms with Gasteiger partial charge in [0.1, 0.15) is 0 Å². The first-order chi connectivity index (χ1) is 15.2. The second-order valence-corrected chi connectivity index (χ2v) is 12.7. The first-order valence-electron chi connectivity index (χ1n) is 13.3. The minimum Gasteiger partial charge on any atom is -0.385 e. The molecule has 1 aliphatic rings. The van der Waals surface area contributed by atoms with E-state index in [0.717, 1.165) is 54.4 Å². The van der Waals surface area contributed by atoms with Crippen LogP contribution in [0.1, 0.15) is 101 Å². The van der Waals surface area contributed by atoms with E-state index in [9.17, 15) is 0 Å². The summed E-state index contributed by atoms with van der Waals surface area (Å²) in [5.74, 6) is 2.27. The van der Waals surface area contributed by atoms with Crippen LogP contribution in [-0.2, 0) is 0 Å². The largest absolute Gasteiger partial charge is 0.385 e. The van der Waals surface area contributed by atoms with E-state index in [1.807, 2.05) is 6.92 Å². The van der Waals surface area contributed by atoms with Gasteiger partial charge in [-0.1, -0.05) is 106 Å². The molecular formula is C30H54N2S. The summed E-state index contributed by atoms with van der Waals surface area (Å²) in [6.45, 7) is 34.7. The molecule has 0 saturated heterocycles. The molecule has 1 saturated carbocycles. The van der Waals surface area contributed by atoms with E-state index in [2.05, 4.69) is 85.8 Å². The Morgan fingerprint density at radius 3 is 2.12 bits per heavy atom. The van der Waals surface area contributed by atoms with Gasteiger partial charge in [-0.2, -0.15) is 0 Å². The lowest BCUT2D eigenvalue weighted by Crippen LogP contribution is -2.50. The lowest BCUT2D eigenvalue weighted by Gasteiger charge is -2.56. The lowest BCUT2D eigenvalue weighted by atomic mass is 9.49. The Balaban J connectivity index is 3.34. The third-order valence-electron chi connectivity index (χ3n) is 7.77. The number of allylic oxidation sites excluding steroid dienone is 2. The zero-order valence-electron chi connectivity index (χ0n) is 23.4. The van der Waals surface area contributed by atoms with Crippen LogP contribution in [0.3, 0.4) is 0 Å². The summed E-state index contributed by atoms with van der Waals surface area (Å²) in [4.78, 5) is 1.04. The number of rotatable bonds is 15. The Hall–Kier alpha value is -1.09. The molecule has 0 aromatic heterocycles. The summed E-state index contributed by atoms with van der Waals surface area (Å²) in [7, 11) is 0. The standard InChI is InChI=1S/C30H54N2S/c1-13-16-23(27(33)22(7)31-17-14-2)24(25-19-30(11,12)26(25)15-3)18-21(6)28(29(8,9)10)32-20(4)5/h23-26,28,31-32H,4,6-7,13-19H2,1-3,5,8-12H3. The highest BCUT2D eigenvalue weighted by Gasteiger charge is 2.51. The topological polar surface area (TPSA) is 24.1 Å². The molecule has 1 rings (SSSR count). The normalized spacial score (nSPS) is 22.5. The second kappa shape index (κ2) is 12.6. The van der Waals surface area contributed by atoms with E-state index in [-0.39, 0.29) is 11.5 Å². The van der Waals surface area contributed by atoms with Crippen LogP contribution in [0.5, 0.6) is 0 Å². The quantitative estimate of drug-likeness (QED) is 0.141. The Morgan fingerprint density at radius 2 is 1.70 bits per heavy atom. The highest BCUT2D eigenvalue weighted by Crippen LogP contribution is 2.58. The van der Waals surface area contributed by atoms with Crippen LogP contribution in [0.4, 0.5) is 0 Å². The predicted octanol–water partition coefficient (Wildman–Crippen LogP) is 8.46. The minimum absolute atomic E-state index is 0.0661. The van der Waals surface area contributed by atoms with E-state index in [4.69, 9.17) is 12.2 Å². The van der Waals surface area contributed by atoms with Gasteiger partial charge in [-0.15, -0.1) is 0 Å². The van der Waals surface area contributed by atoms with Crippen molar-refractivity contribution in [1.29, 1.82) is 0 Å². The second-order valence-electron chi connectivity index (χ2n) is 12.3. The van der Waals surface area contributed by atoms with Gasteiger partial charge in [0.15, 0.2) is 0 Å². The first kappa shape index (κ1) is 29.9. The van der Waals surface area contributed by atoms with Crippen LogP contribution in [-0.4, -0.2) is 17.5 Å². The van der Waals surface area contributed by atoms with Gasteiger partial charge < -0.3 is 10.6 Å². The van der Waals surface area contributed by atoms with Crippen LogP contribution < -0.4 is 10.6 Å². The molecule has 0 spiro atoms. The summed E-state index contributed by atoms with van der Waals surface area (Å²) >= 11 is 6.12. The number of hydrogen-bond acceptors (Lipinski definition) is 3. The third-order valence-corrected chi connectivity index (χ3v) is 8.32. The summed E-state index contributed by atoms with van der Waals surface area (Å²) in [5, 5.41) is 7.12. The van der Waals surface area contributed by atoms with Gasteiger partial charge in [-0.25, -0.2) is 0 Å². The highest BCUT2D eigenvalue weighted by molar-refractivity contribution is 7.80. The molecule has 190 valence electrons. The van der Waals surface area contributed by atoms with Crippen LogP contribution in [0.15, 0.2) is 36.7 Å². The monoisotopic (exact) mass is 474 g/mol. The van der Waals surface area contributed by atoms with Crippen LogP contribution in [0, 0.1) is 34.5 Å². The maximum atomic E-state index is 6.12. The molecule has 0 amide bonds. The number of nitrogens with one attached hydrogen (secondary N) is 2. The fraction of sp³-hybridized carbons (Fsp3) is 0.767. The average Bonchev–Trinajstić information content (AvgIpc) is 2.69. The summed E-state index contributed by atoms with van der Waals surface area (Å²) in [5.41, 5.74) is 3.72. The van der Waals surface area contributed by atoms with Crippen molar-refractivity contribution in [2.45, 2.75) is 107 Å². The molecule has 1 aliphatic carbocycles. The first-order valence-corrected chi connectivity index (χ1v) is 13.7. The molecule has 0 heterocycles. The maximum absolute atomic E-state index is 6.12. The molecule has 0 radical (unpaired) electrons. The molecule has 0 aromatic rings. The van der Waals surface area contributed by atoms with Crippen LogP contribution >= 0.6 is 12.2 Å². The molecule has 0 bridgehead atoms. The van der Waals surface area contributed by atoms with Crippen LogP contribution in [0.2, 0.25) is 0 Å². The molecule has 2 N–H and O–H groups in total. The van der Waals surface area contributed by atoms with Crippen molar-refractivity contribution >= 4 is 17.1 Å². The Labute approximate surface area is 212 Å². The molecule has 5 atom stereocenters. The lowest BCUT2D eigenvalue weighted by molar-refractivity contribution is -0.0584. The molecule has 0 aliphatic heterocycles. The Kier molecular flexibility index (Phi) is 11.4. The number of thiocarbonyl (C=S) groups is 1. The third kappa shape index (κ3) is 7.98. The molecule has 5 unspecified atom stereocenters. The zero-order chi connectivity index (χ0) is 25.6. The van der Waals surface area contributed by atoms with Gasteiger partial charge in [0.25, 0.3) is 0 Å². The molecule has 3 heteroatoms. The molecule has 33 heavy (non-hydrogen) atoms. The van der Waals surface area contributed by atoms with E-state index in [1.54, 1.807) is 0 Å². The van der Waals surface area contributed by atoms with Crippen molar-refractivity contribution in [2.24, 2.45) is 34.5 Å². The Morgan fingerprint density at radius 1 is 1.09 bits per heavy atom. The van der Waals surface area contributed by atoms with Crippen LogP contribution in [0.25, 0.3) is 0 Å².